The quantitative estimate of drug-likeness (QED) is 0.733. The SMILES string of the molecule is Nc1ccc(Oc2ccc(C34CC5CC(CC(C5)C3)C4)cc2)c(F)c1. The van der Waals surface area contributed by atoms with Crippen LogP contribution in [0, 0.1) is 23.6 Å². The van der Waals surface area contributed by atoms with Crippen LogP contribution in [0.5, 0.6) is 11.5 Å². The van der Waals surface area contributed by atoms with E-state index < -0.39 is 5.82 Å². The molecule has 0 unspecified atom stereocenters. The van der Waals surface area contributed by atoms with Gasteiger partial charge in [-0.3, -0.25) is 0 Å². The Balaban J connectivity index is 1.38. The van der Waals surface area contributed by atoms with Crippen molar-refractivity contribution in [1.82, 2.24) is 0 Å². The second-order valence-corrected chi connectivity index (χ2v) is 8.51. The molecule has 25 heavy (non-hydrogen) atoms. The van der Waals surface area contributed by atoms with Crippen LogP contribution in [0.1, 0.15) is 44.1 Å². The van der Waals surface area contributed by atoms with Gasteiger partial charge in [-0.2, -0.15) is 0 Å². The largest absolute Gasteiger partial charge is 0.454 e. The zero-order valence-corrected chi connectivity index (χ0v) is 14.4. The van der Waals surface area contributed by atoms with Gasteiger partial charge in [0.25, 0.3) is 0 Å². The monoisotopic (exact) mass is 337 g/mol. The van der Waals surface area contributed by atoms with Crippen LogP contribution >= 0.6 is 0 Å². The Morgan fingerprint density at radius 2 is 1.48 bits per heavy atom. The molecule has 0 saturated heterocycles. The number of hydrogen-bond donors (Lipinski definition) is 1. The van der Waals surface area contributed by atoms with Crippen molar-refractivity contribution in [3.8, 4) is 11.5 Å². The lowest BCUT2D eigenvalue weighted by molar-refractivity contribution is -0.00519. The van der Waals surface area contributed by atoms with Crippen molar-refractivity contribution >= 4 is 5.69 Å². The maximum absolute atomic E-state index is 13.9. The summed E-state index contributed by atoms with van der Waals surface area (Å²) in [5.41, 5.74) is 7.84. The Morgan fingerprint density at radius 1 is 0.880 bits per heavy atom. The molecule has 0 aromatic heterocycles. The first-order valence-corrected chi connectivity index (χ1v) is 9.43. The summed E-state index contributed by atoms with van der Waals surface area (Å²) in [4.78, 5) is 0. The molecule has 2 nitrogen and oxygen atoms in total. The van der Waals surface area contributed by atoms with Crippen LogP contribution in [0.3, 0.4) is 0 Å². The zero-order valence-electron chi connectivity index (χ0n) is 14.4. The molecule has 0 heterocycles. The fourth-order valence-electron chi connectivity index (χ4n) is 6.07. The standard InChI is InChI=1S/C22H24FNO/c23-20-10-18(24)3-6-21(20)25-19-4-1-17(2-5-19)22-11-14-7-15(12-22)9-16(8-14)13-22/h1-6,10,14-16H,7-9,11-13,24H2. The highest BCUT2D eigenvalue weighted by Crippen LogP contribution is 2.60. The number of nitrogens with two attached hydrogens (primary N) is 1. The van der Waals surface area contributed by atoms with Gasteiger partial charge in [0.15, 0.2) is 11.6 Å². The molecule has 2 aromatic carbocycles. The average Bonchev–Trinajstić information content (AvgIpc) is 2.57. The lowest BCUT2D eigenvalue weighted by Gasteiger charge is -2.57. The molecule has 6 rings (SSSR count). The molecule has 3 heteroatoms. The first-order chi connectivity index (χ1) is 12.1. The number of ether oxygens (including phenoxy) is 1. The van der Waals surface area contributed by atoms with E-state index in [1.807, 2.05) is 12.1 Å². The van der Waals surface area contributed by atoms with Crippen LogP contribution in [-0.2, 0) is 5.41 Å². The highest BCUT2D eigenvalue weighted by Gasteiger charge is 2.51. The molecule has 0 amide bonds. The van der Waals surface area contributed by atoms with Gasteiger partial charge in [0.05, 0.1) is 0 Å². The van der Waals surface area contributed by atoms with Crippen LogP contribution in [0.25, 0.3) is 0 Å². The highest BCUT2D eigenvalue weighted by molar-refractivity contribution is 5.44. The van der Waals surface area contributed by atoms with E-state index in [4.69, 9.17) is 10.5 Å². The summed E-state index contributed by atoms with van der Waals surface area (Å²) in [5, 5.41) is 0. The summed E-state index contributed by atoms with van der Waals surface area (Å²) in [6, 6.07) is 12.9. The van der Waals surface area contributed by atoms with Gasteiger partial charge < -0.3 is 10.5 Å². The average molecular weight is 337 g/mol. The van der Waals surface area contributed by atoms with Gasteiger partial charge in [0.1, 0.15) is 5.75 Å². The lowest BCUT2D eigenvalue weighted by atomic mass is 9.48. The molecular weight excluding hydrogens is 313 g/mol. The summed E-state index contributed by atoms with van der Waals surface area (Å²) >= 11 is 0. The molecule has 4 bridgehead atoms. The molecule has 4 fully saturated rings. The summed E-state index contributed by atoms with van der Waals surface area (Å²) in [5.74, 6) is 3.28. The van der Waals surface area contributed by atoms with Crippen molar-refractivity contribution in [2.24, 2.45) is 17.8 Å². The van der Waals surface area contributed by atoms with E-state index in [2.05, 4.69) is 12.1 Å². The van der Waals surface area contributed by atoms with E-state index in [1.165, 1.54) is 50.2 Å². The summed E-state index contributed by atoms with van der Waals surface area (Å²) < 4.78 is 19.6. The van der Waals surface area contributed by atoms with E-state index in [0.717, 1.165) is 17.8 Å². The lowest BCUT2D eigenvalue weighted by Crippen LogP contribution is -2.48. The molecule has 4 saturated carbocycles. The second-order valence-electron chi connectivity index (χ2n) is 8.51. The van der Waals surface area contributed by atoms with Crippen molar-refractivity contribution in [3.63, 3.8) is 0 Å². The fourth-order valence-corrected chi connectivity index (χ4v) is 6.07. The normalized spacial score (nSPS) is 32.8. The Morgan fingerprint density at radius 3 is 2.04 bits per heavy atom. The number of nitrogen functional groups attached to an aromatic ring is 1. The van der Waals surface area contributed by atoms with Crippen molar-refractivity contribution in [1.29, 1.82) is 0 Å². The van der Waals surface area contributed by atoms with Crippen LogP contribution < -0.4 is 10.5 Å². The van der Waals surface area contributed by atoms with Crippen LogP contribution in [-0.4, -0.2) is 0 Å². The Kier molecular flexibility index (Phi) is 3.34. The molecule has 4 aliphatic rings. The molecule has 4 aliphatic carbocycles. The minimum Gasteiger partial charge on any atom is -0.454 e. The number of anilines is 1. The maximum Gasteiger partial charge on any atom is 0.167 e. The Bertz CT molecular complexity index is 763. The minimum atomic E-state index is -0.426. The minimum absolute atomic E-state index is 0.219. The second kappa shape index (κ2) is 5.48. The Labute approximate surface area is 148 Å². The van der Waals surface area contributed by atoms with Crippen molar-refractivity contribution in [2.75, 3.05) is 5.73 Å². The smallest absolute Gasteiger partial charge is 0.167 e. The van der Waals surface area contributed by atoms with E-state index in [0.29, 0.717) is 16.9 Å². The van der Waals surface area contributed by atoms with Gasteiger partial charge in [-0.25, -0.2) is 4.39 Å². The zero-order chi connectivity index (χ0) is 17.0. The van der Waals surface area contributed by atoms with Gasteiger partial charge in [0.2, 0.25) is 0 Å². The van der Waals surface area contributed by atoms with Crippen molar-refractivity contribution < 1.29 is 9.13 Å². The number of rotatable bonds is 3. The molecular formula is C22H24FNO. The molecule has 2 aromatic rings. The van der Waals surface area contributed by atoms with Crippen molar-refractivity contribution in [3.05, 3.63) is 53.8 Å². The number of benzene rings is 2. The molecule has 0 spiro atoms. The third-order valence-corrected chi connectivity index (χ3v) is 6.69. The van der Waals surface area contributed by atoms with E-state index in [1.54, 1.807) is 12.1 Å². The van der Waals surface area contributed by atoms with E-state index in [9.17, 15) is 4.39 Å². The Hall–Kier alpha value is -2.03. The van der Waals surface area contributed by atoms with Crippen LogP contribution in [0.15, 0.2) is 42.5 Å². The molecule has 130 valence electrons. The van der Waals surface area contributed by atoms with E-state index in [-0.39, 0.29) is 5.75 Å². The predicted molar refractivity (Wildman–Crippen MR) is 97.2 cm³/mol. The summed E-state index contributed by atoms with van der Waals surface area (Å²) in [6.45, 7) is 0. The van der Waals surface area contributed by atoms with E-state index >= 15 is 0 Å². The van der Waals surface area contributed by atoms with Crippen molar-refractivity contribution in [2.45, 2.75) is 43.9 Å². The van der Waals surface area contributed by atoms with Gasteiger partial charge in [-0.1, -0.05) is 12.1 Å². The molecule has 0 aliphatic heterocycles. The number of hydrogen-bond acceptors (Lipinski definition) is 2. The van der Waals surface area contributed by atoms with Crippen LogP contribution in [0.2, 0.25) is 0 Å². The third kappa shape index (κ3) is 2.61. The van der Waals surface area contributed by atoms with Gasteiger partial charge in [-0.15, -0.1) is 0 Å². The fraction of sp³-hybridized carbons (Fsp3) is 0.455. The molecule has 0 atom stereocenters. The van der Waals surface area contributed by atoms with Gasteiger partial charge in [-0.05, 0) is 91.5 Å². The molecule has 0 radical (unpaired) electrons. The molecule has 2 N–H and O–H groups in total. The summed E-state index contributed by atoms with van der Waals surface area (Å²) in [6.07, 6.45) is 8.42. The summed E-state index contributed by atoms with van der Waals surface area (Å²) in [7, 11) is 0. The highest BCUT2D eigenvalue weighted by atomic mass is 19.1. The first-order valence-electron chi connectivity index (χ1n) is 9.43. The first kappa shape index (κ1) is 15.2. The van der Waals surface area contributed by atoms with Gasteiger partial charge >= 0.3 is 0 Å². The maximum atomic E-state index is 13.9. The topological polar surface area (TPSA) is 35.2 Å². The third-order valence-electron chi connectivity index (χ3n) is 6.69. The van der Waals surface area contributed by atoms with Crippen LogP contribution in [0.4, 0.5) is 10.1 Å². The number of halogens is 1. The predicted octanol–water partition coefficient (Wildman–Crippen LogP) is 5.67. The van der Waals surface area contributed by atoms with Gasteiger partial charge in [0, 0.05) is 11.8 Å².